The van der Waals surface area contributed by atoms with E-state index in [0.717, 1.165) is 6.92 Å². The first-order chi connectivity index (χ1) is 4.45. The molecule has 0 spiro atoms. The van der Waals surface area contributed by atoms with Gasteiger partial charge in [-0.1, -0.05) is 6.92 Å². The standard InChI is InChI=1S/C6H10O4/c1-3-6(10,4(2)7)5(8)9/h10H,3H2,1-2H3,(H,8,9)/t6-/m0/s1. The third-order valence-corrected chi connectivity index (χ3v) is 1.45. The number of ketones is 1. The van der Waals surface area contributed by atoms with Crippen LogP contribution in [0.4, 0.5) is 0 Å². The Kier molecular flexibility index (Phi) is 2.54. The summed E-state index contributed by atoms with van der Waals surface area (Å²) in [5.74, 6) is -2.22. The Morgan fingerprint density at radius 1 is 1.50 bits per heavy atom. The van der Waals surface area contributed by atoms with Gasteiger partial charge in [-0.05, 0) is 13.3 Å². The molecule has 0 aromatic carbocycles. The number of hydrogen-bond acceptors (Lipinski definition) is 3. The van der Waals surface area contributed by atoms with Crippen LogP contribution in [-0.2, 0) is 9.59 Å². The molecule has 58 valence electrons. The van der Waals surface area contributed by atoms with Crippen molar-refractivity contribution in [3.05, 3.63) is 0 Å². The van der Waals surface area contributed by atoms with Gasteiger partial charge in [-0.15, -0.1) is 0 Å². The molecule has 1 atom stereocenters. The maximum absolute atomic E-state index is 10.5. The van der Waals surface area contributed by atoms with Crippen LogP contribution in [0.1, 0.15) is 20.3 Å². The van der Waals surface area contributed by atoms with Crippen LogP contribution in [0.15, 0.2) is 0 Å². The molecule has 0 radical (unpaired) electrons. The van der Waals surface area contributed by atoms with Gasteiger partial charge in [0.1, 0.15) is 0 Å². The van der Waals surface area contributed by atoms with Crippen LogP contribution in [0.5, 0.6) is 0 Å². The van der Waals surface area contributed by atoms with E-state index < -0.39 is 17.4 Å². The highest BCUT2D eigenvalue weighted by molar-refractivity contribution is 6.04. The summed E-state index contributed by atoms with van der Waals surface area (Å²) >= 11 is 0. The van der Waals surface area contributed by atoms with Gasteiger partial charge in [-0.25, -0.2) is 4.79 Å². The van der Waals surface area contributed by atoms with Gasteiger partial charge >= 0.3 is 5.97 Å². The molecule has 4 heteroatoms. The Bertz CT molecular complexity index is 147. The Labute approximate surface area is 58.5 Å². The maximum atomic E-state index is 10.5. The average molecular weight is 146 g/mol. The van der Waals surface area contributed by atoms with Gasteiger partial charge in [0, 0.05) is 0 Å². The largest absolute Gasteiger partial charge is 0.479 e. The van der Waals surface area contributed by atoms with E-state index in [1.807, 2.05) is 0 Å². The molecule has 0 aliphatic heterocycles. The topological polar surface area (TPSA) is 74.6 Å². The summed E-state index contributed by atoms with van der Waals surface area (Å²) < 4.78 is 0. The molecule has 0 saturated heterocycles. The highest BCUT2D eigenvalue weighted by Gasteiger charge is 2.38. The van der Waals surface area contributed by atoms with E-state index in [2.05, 4.69) is 0 Å². The van der Waals surface area contributed by atoms with Crippen molar-refractivity contribution in [2.45, 2.75) is 25.9 Å². The van der Waals surface area contributed by atoms with Gasteiger partial charge < -0.3 is 10.2 Å². The van der Waals surface area contributed by atoms with Crippen LogP contribution in [0.25, 0.3) is 0 Å². The van der Waals surface area contributed by atoms with Crippen LogP contribution >= 0.6 is 0 Å². The summed E-state index contributed by atoms with van der Waals surface area (Å²) in [4.78, 5) is 20.7. The Morgan fingerprint density at radius 3 is 1.90 bits per heavy atom. The first-order valence-electron chi connectivity index (χ1n) is 2.92. The van der Waals surface area contributed by atoms with Crippen LogP contribution in [-0.4, -0.2) is 27.6 Å². The molecule has 2 N–H and O–H groups in total. The van der Waals surface area contributed by atoms with Crippen molar-refractivity contribution in [3.63, 3.8) is 0 Å². The first-order valence-corrected chi connectivity index (χ1v) is 2.92. The smallest absolute Gasteiger partial charge is 0.343 e. The lowest BCUT2D eigenvalue weighted by molar-refractivity contribution is -0.164. The summed E-state index contributed by atoms with van der Waals surface area (Å²) in [6.07, 6.45) is -0.0995. The average Bonchev–Trinajstić information content (AvgIpc) is 1.85. The number of aliphatic hydroxyl groups is 1. The first kappa shape index (κ1) is 9.10. The van der Waals surface area contributed by atoms with E-state index in [4.69, 9.17) is 10.2 Å². The zero-order chi connectivity index (χ0) is 8.36. The summed E-state index contributed by atoms with van der Waals surface area (Å²) in [6.45, 7) is 2.49. The molecule has 0 heterocycles. The van der Waals surface area contributed by atoms with E-state index in [9.17, 15) is 9.59 Å². The van der Waals surface area contributed by atoms with Crippen LogP contribution in [0.2, 0.25) is 0 Å². The van der Waals surface area contributed by atoms with E-state index >= 15 is 0 Å². The molecule has 0 aromatic heterocycles. The van der Waals surface area contributed by atoms with Crippen molar-refractivity contribution in [2.75, 3.05) is 0 Å². The van der Waals surface area contributed by atoms with Crippen molar-refractivity contribution < 1.29 is 19.8 Å². The molecule has 0 saturated carbocycles. The lowest BCUT2D eigenvalue weighted by Crippen LogP contribution is -2.44. The second-order valence-corrected chi connectivity index (χ2v) is 2.08. The fraction of sp³-hybridized carbons (Fsp3) is 0.667. The predicted octanol–water partition coefficient (Wildman–Crippen LogP) is -0.199. The zero-order valence-electron chi connectivity index (χ0n) is 5.92. The quantitative estimate of drug-likeness (QED) is 0.541. The molecule has 0 bridgehead atoms. The van der Waals surface area contributed by atoms with Crippen molar-refractivity contribution in [1.29, 1.82) is 0 Å². The lowest BCUT2D eigenvalue weighted by Gasteiger charge is -2.16. The minimum Gasteiger partial charge on any atom is -0.479 e. The second kappa shape index (κ2) is 2.79. The van der Waals surface area contributed by atoms with E-state index in [1.54, 1.807) is 0 Å². The fourth-order valence-corrected chi connectivity index (χ4v) is 0.551. The number of rotatable bonds is 3. The second-order valence-electron chi connectivity index (χ2n) is 2.08. The lowest BCUT2D eigenvalue weighted by atomic mass is 9.97. The minimum absolute atomic E-state index is 0.0995. The van der Waals surface area contributed by atoms with E-state index in [0.29, 0.717) is 0 Å². The summed E-state index contributed by atoms with van der Waals surface area (Å²) in [6, 6.07) is 0. The number of aliphatic carboxylic acids is 1. The Balaban J connectivity index is 4.55. The molecule has 0 rings (SSSR count). The Morgan fingerprint density at radius 2 is 1.90 bits per heavy atom. The molecule has 0 aromatic rings. The molecule has 0 aliphatic rings. The van der Waals surface area contributed by atoms with Crippen molar-refractivity contribution in [1.82, 2.24) is 0 Å². The van der Waals surface area contributed by atoms with Gasteiger partial charge in [-0.2, -0.15) is 0 Å². The normalized spacial score (nSPS) is 15.9. The Hall–Kier alpha value is -0.900. The zero-order valence-corrected chi connectivity index (χ0v) is 5.92. The molecule has 0 unspecified atom stereocenters. The SMILES string of the molecule is CC[C@](O)(C(C)=O)C(=O)O. The van der Waals surface area contributed by atoms with E-state index in [1.165, 1.54) is 6.92 Å². The van der Waals surface area contributed by atoms with Crippen molar-refractivity contribution in [3.8, 4) is 0 Å². The number of carbonyl (C=O) groups is 2. The fourth-order valence-electron chi connectivity index (χ4n) is 0.551. The molecule has 0 aliphatic carbocycles. The molecular formula is C6H10O4. The predicted molar refractivity (Wildman–Crippen MR) is 33.6 cm³/mol. The van der Waals surface area contributed by atoms with Gasteiger partial charge in [0.05, 0.1) is 0 Å². The number of hydrogen-bond donors (Lipinski definition) is 2. The van der Waals surface area contributed by atoms with Crippen molar-refractivity contribution in [2.24, 2.45) is 0 Å². The molecule has 0 fully saturated rings. The van der Waals surface area contributed by atoms with Crippen LogP contribution in [0, 0.1) is 0 Å². The molecule has 4 nitrogen and oxygen atoms in total. The van der Waals surface area contributed by atoms with Gasteiger partial charge in [-0.3, -0.25) is 4.79 Å². The van der Waals surface area contributed by atoms with Crippen molar-refractivity contribution >= 4 is 11.8 Å². The van der Waals surface area contributed by atoms with E-state index in [-0.39, 0.29) is 6.42 Å². The van der Waals surface area contributed by atoms with Gasteiger partial charge in [0.25, 0.3) is 0 Å². The summed E-state index contributed by atoms with van der Waals surface area (Å²) in [5, 5.41) is 17.4. The number of carboxylic acid groups (broad SMARTS) is 1. The third-order valence-electron chi connectivity index (χ3n) is 1.45. The maximum Gasteiger partial charge on any atom is 0.343 e. The monoisotopic (exact) mass is 146 g/mol. The number of Topliss-reactive ketones (excluding diaryl/α,β-unsaturated/α-hetero) is 1. The molecular weight excluding hydrogens is 136 g/mol. The summed E-state index contributed by atoms with van der Waals surface area (Å²) in [5.41, 5.74) is -2.18. The molecule has 0 amide bonds. The van der Waals surface area contributed by atoms with Gasteiger partial charge in [0.2, 0.25) is 5.60 Å². The number of carbonyl (C=O) groups excluding carboxylic acids is 1. The van der Waals surface area contributed by atoms with Crippen LogP contribution in [0.3, 0.4) is 0 Å². The molecule has 10 heavy (non-hydrogen) atoms. The third kappa shape index (κ3) is 1.33. The van der Waals surface area contributed by atoms with Gasteiger partial charge in [0.15, 0.2) is 5.78 Å². The summed E-state index contributed by atoms with van der Waals surface area (Å²) in [7, 11) is 0. The minimum atomic E-state index is -2.18. The highest BCUT2D eigenvalue weighted by Crippen LogP contribution is 2.10. The van der Waals surface area contributed by atoms with Crippen LogP contribution < -0.4 is 0 Å². The number of carboxylic acids is 1. The highest BCUT2D eigenvalue weighted by atomic mass is 16.4.